The molecular weight excluding hydrogens is 233 g/mol. The summed E-state index contributed by atoms with van der Waals surface area (Å²) in [5, 5.41) is 0. The van der Waals surface area contributed by atoms with E-state index in [2.05, 4.69) is 6.58 Å². The Morgan fingerprint density at radius 1 is 1.47 bits per heavy atom. The summed E-state index contributed by atoms with van der Waals surface area (Å²) in [4.78, 5) is 12.7. The fourth-order valence-corrected chi connectivity index (χ4v) is 2.10. The van der Waals surface area contributed by atoms with Crippen LogP contribution in [-0.2, 0) is 4.79 Å². The zero-order chi connectivity index (χ0) is 13.1. The van der Waals surface area contributed by atoms with E-state index in [4.69, 9.17) is 5.73 Å². The van der Waals surface area contributed by atoms with Crippen molar-refractivity contribution in [1.82, 2.24) is 4.90 Å². The monoisotopic (exact) mass is 250 g/mol. The number of carbonyl (C=O) groups is 1. The van der Waals surface area contributed by atoms with E-state index in [1.165, 1.54) is 6.08 Å². The number of amides is 1. The molecule has 1 fully saturated rings. The van der Waals surface area contributed by atoms with Crippen LogP contribution >= 0.6 is 0 Å². The van der Waals surface area contributed by atoms with Crippen LogP contribution in [0.5, 0.6) is 0 Å². The first-order valence-electron chi connectivity index (χ1n) is 5.55. The lowest BCUT2D eigenvalue weighted by atomic mass is 10.1. The molecule has 1 aliphatic carbocycles. The van der Waals surface area contributed by atoms with Gasteiger partial charge in [-0.2, -0.15) is 13.2 Å². The average Bonchev–Trinajstić information content (AvgIpc) is 2.61. The van der Waals surface area contributed by atoms with Crippen molar-refractivity contribution in [3.05, 3.63) is 12.7 Å². The van der Waals surface area contributed by atoms with E-state index in [1.54, 1.807) is 0 Å². The summed E-state index contributed by atoms with van der Waals surface area (Å²) in [5.41, 5.74) is 5.65. The summed E-state index contributed by atoms with van der Waals surface area (Å²) < 4.78 is 36.9. The van der Waals surface area contributed by atoms with Gasteiger partial charge in [0.15, 0.2) is 0 Å². The Bertz CT molecular complexity index is 291. The number of alkyl halides is 3. The number of rotatable bonds is 4. The van der Waals surface area contributed by atoms with Crippen LogP contribution in [0.3, 0.4) is 0 Å². The summed E-state index contributed by atoms with van der Waals surface area (Å²) in [7, 11) is 0. The zero-order valence-electron chi connectivity index (χ0n) is 9.54. The number of nitrogens with zero attached hydrogens (tertiary/aromatic N) is 1. The summed E-state index contributed by atoms with van der Waals surface area (Å²) in [6.07, 6.45) is -1.32. The Morgan fingerprint density at radius 3 is 2.53 bits per heavy atom. The van der Waals surface area contributed by atoms with Crippen LogP contribution in [0.15, 0.2) is 12.7 Å². The predicted molar refractivity (Wildman–Crippen MR) is 58.1 cm³/mol. The molecule has 0 saturated heterocycles. The highest BCUT2D eigenvalue weighted by atomic mass is 19.4. The molecule has 0 aromatic heterocycles. The molecule has 0 radical (unpaired) electrons. The SMILES string of the molecule is C=CCN(CC(F)(F)F)C(=O)C1CCC(N)C1. The van der Waals surface area contributed by atoms with Crippen LogP contribution in [0.2, 0.25) is 0 Å². The predicted octanol–water partition coefficient (Wildman–Crippen LogP) is 1.69. The van der Waals surface area contributed by atoms with Gasteiger partial charge in [-0.15, -0.1) is 6.58 Å². The Morgan fingerprint density at radius 2 is 2.12 bits per heavy atom. The molecule has 3 nitrogen and oxygen atoms in total. The number of hydrogen-bond donors (Lipinski definition) is 1. The molecule has 0 heterocycles. The van der Waals surface area contributed by atoms with E-state index < -0.39 is 18.6 Å². The molecule has 0 aliphatic heterocycles. The zero-order valence-corrected chi connectivity index (χ0v) is 9.54. The van der Waals surface area contributed by atoms with Gasteiger partial charge in [0.2, 0.25) is 5.91 Å². The van der Waals surface area contributed by atoms with Gasteiger partial charge in [0, 0.05) is 18.5 Å². The smallest absolute Gasteiger partial charge is 0.330 e. The minimum absolute atomic E-state index is 0.0691. The number of halogens is 3. The maximum Gasteiger partial charge on any atom is 0.406 e. The van der Waals surface area contributed by atoms with E-state index in [0.29, 0.717) is 19.3 Å². The number of nitrogens with two attached hydrogens (primary N) is 1. The van der Waals surface area contributed by atoms with Crippen molar-refractivity contribution in [2.45, 2.75) is 31.5 Å². The highest BCUT2D eigenvalue weighted by molar-refractivity contribution is 5.79. The van der Waals surface area contributed by atoms with Crippen molar-refractivity contribution >= 4 is 5.91 Å². The first kappa shape index (κ1) is 14.0. The third-order valence-electron chi connectivity index (χ3n) is 2.85. The third-order valence-corrected chi connectivity index (χ3v) is 2.85. The van der Waals surface area contributed by atoms with E-state index >= 15 is 0 Å². The average molecular weight is 250 g/mol. The van der Waals surface area contributed by atoms with Crippen LogP contribution in [0.4, 0.5) is 13.2 Å². The van der Waals surface area contributed by atoms with E-state index in [1.807, 2.05) is 0 Å². The van der Waals surface area contributed by atoms with Gasteiger partial charge < -0.3 is 10.6 Å². The molecule has 0 spiro atoms. The standard InChI is InChI=1S/C11H17F3N2O/c1-2-5-16(7-11(12,13)14)10(17)8-3-4-9(15)6-8/h2,8-9H,1,3-7,15H2. The van der Waals surface area contributed by atoms with Gasteiger partial charge in [-0.3, -0.25) is 4.79 Å². The summed E-state index contributed by atoms with van der Waals surface area (Å²) in [6.45, 7) is 2.07. The Labute approximate surface area is 98.5 Å². The number of carbonyl (C=O) groups excluding carboxylic acids is 1. The van der Waals surface area contributed by atoms with Gasteiger partial charge in [0.1, 0.15) is 6.54 Å². The fourth-order valence-electron chi connectivity index (χ4n) is 2.10. The molecule has 0 aromatic carbocycles. The lowest BCUT2D eigenvalue weighted by Crippen LogP contribution is -2.42. The lowest BCUT2D eigenvalue weighted by molar-refractivity contribution is -0.162. The Balaban J connectivity index is 2.63. The van der Waals surface area contributed by atoms with Gasteiger partial charge >= 0.3 is 6.18 Å². The maximum atomic E-state index is 12.3. The molecule has 1 aliphatic rings. The minimum atomic E-state index is -4.38. The van der Waals surface area contributed by atoms with Crippen molar-refractivity contribution in [3.8, 4) is 0 Å². The third kappa shape index (κ3) is 4.38. The van der Waals surface area contributed by atoms with E-state index in [0.717, 1.165) is 4.90 Å². The normalized spacial score (nSPS) is 24.7. The molecule has 1 rings (SSSR count). The first-order chi connectivity index (χ1) is 7.83. The van der Waals surface area contributed by atoms with Crippen LogP contribution in [0.25, 0.3) is 0 Å². The van der Waals surface area contributed by atoms with Crippen molar-refractivity contribution in [3.63, 3.8) is 0 Å². The molecule has 17 heavy (non-hydrogen) atoms. The van der Waals surface area contributed by atoms with Gasteiger partial charge in [0.25, 0.3) is 0 Å². The maximum absolute atomic E-state index is 12.3. The summed E-state index contributed by atoms with van der Waals surface area (Å²) >= 11 is 0. The second-order valence-electron chi connectivity index (χ2n) is 4.39. The molecule has 0 bridgehead atoms. The van der Waals surface area contributed by atoms with Crippen molar-refractivity contribution in [2.75, 3.05) is 13.1 Å². The molecule has 2 unspecified atom stereocenters. The van der Waals surface area contributed by atoms with E-state index in [-0.39, 0.29) is 18.5 Å². The largest absolute Gasteiger partial charge is 0.406 e. The molecule has 2 N–H and O–H groups in total. The van der Waals surface area contributed by atoms with Crippen LogP contribution < -0.4 is 5.73 Å². The fraction of sp³-hybridized carbons (Fsp3) is 0.727. The highest BCUT2D eigenvalue weighted by Gasteiger charge is 2.36. The van der Waals surface area contributed by atoms with Gasteiger partial charge in [-0.05, 0) is 19.3 Å². The molecule has 6 heteroatoms. The lowest BCUT2D eigenvalue weighted by Gasteiger charge is -2.25. The molecule has 2 atom stereocenters. The van der Waals surface area contributed by atoms with E-state index in [9.17, 15) is 18.0 Å². The van der Waals surface area contributed by atoms with Crippen LogP contribution in [0, 0.1) is 5.92 Å². The van der Waals surface area contributed by atoms with Crippen molar-refractivity contribution < 1.29 is 18.0 Å². The minimum Gasteiger partial charge on any atom is -0.330 e. The topological polar surface area (TPSA) is 46.3 Å². The van der Waals surface area contributed by atoms with Crippen molar-refractivity contribution in [2.24, 2.45) is 11.7 Å². The Hall–Kier alpha value is -1.04. The molecule has 1 amide bonds. The second-order valence-corrected chi connectivity index (χ2v) is 4.39. The van der Waals surface area contributed by atoms with Crippen LogP contribution in [-0.4, -0.2) is 36.1 Å². The summed E-state index contributed by atoms with van der Waals surface area (Å²) in [5.74, 6) is -0.831. The quantitative estimate of drug-likeness (QED) is 0.772. The molecule has 98 valence electrons. The molecule has 1 saturated carbocycles. The van der Waals surface area contributed by atoms with Gasteiger partial charge in [0.05, 0.1) is 0 Å². The van der Waals surface area contributed by atoms with Crippen molar-refractivity contribution in [1.29, 1.82) is 0 Å². The van der Waals surface area contributed by atoms with Gasteiger partial charge in [-0.1, -0.05) is 6.08 Å². The first-order valence-corrected chi connectivity index (χ1v) is 5.55. The summed E-state index contributed by atoms with van der Waals surface area (Å²) in [6, 6.07) is -0.0691. The second kappa shape index (κ2) is 5.53. The highest BCUT2D eigenvalue weighted by Crippen LogP contribution is 2.27. The van der Waals surface area contributed by atoms with Gasteiger partial charge in [-0.25, -0.2) is 0 Å². The Kier molecular flexibility index (Phi) is 4.56. The molecular formula is C11H17F3N2O. The number of hydrogen-bond acceptors (Lipinski definition) is 2. The molecule has 0 aromatic rings. The van der Waals surface area contributed by atoms with Crippen LogP contribution in [0.1, 0.15) is 19.3 Å².